The second-order valence-corrected chi connectivity index (χ2v) is 5.44. The Labute approximate surface area is 143 Å². The van der Waals surface area contributed by atoms with Gasteiger partial charge in [-0.2, -0.15) is 25.3 Å². The van der Waals surface area contributed by atoms with Crippen LogP contribution in [-0.4, -0.2) is 62.5 Å². The minimum Gasteiger partial charge on any atom is -0.480 e. The van der Waals surface area contributed by atoms with E-state index in [1.807, 2.05) is 0 Å². The molecule has 3 atom stereocenters. The fraction of sp³-hybridized carbons (Fsp3) is 0.500. The molecule has 1 rings (SSSR count). The minimum atomic E-state index is -1.20. The third-order valence-corrected chi connectivity index (χ3v) is 3.70. The van der Waals surface area contributed by atoms with E-state index < -0.39 is 35.9 Å². The molecule has 0 spiro atoms. The highest BCUT2D eigenvalue weighted by molar-refractivity contribution is 7.80. The van der Waals surface area contributed by atoms with Gasteiger partial charge in [-0.1, -0.05) is 0 Å². The van der Waals surface area contributed by atoms with Gasteiger partial charge in [-0.05, 0) is 0 Å². The van der Waals surface area contributed by atoms with Gasteiger partial charge in [-0.3, -0.25) is 9.59 Å². The van der Waals surface area contributed by atoms with Gasteiger partial charge >= 0.3 is 5.97 Å². The highest BCUT2D eigenvalue weighted by Gasteiger charge is 2.27. The van der Waals surface area contributed by atoms with E-state index in [-0.39, 0.29) is 17.9 Å². The fourth-order valence-electron chi connectivity index (χ4n) is 1.64. The van der Waals surface area contributed by atoms with E-state index in [1.54, 1.807) is 0 Å². The van der Waals surface area contributed by atoms with Crippen molar-refractivity contribution in [1.29, 1.82) is 0 Å². The number of aromatic nitrogens is 2. The van der Waals surface area contributed by atoms with Crippen LogP contribution in [0.15, 0.2) is 12.5 Å². The maximum atomic E-state index is 12.1. The Morgan fingerprint density at radius 1 is 1.22 bits per heavy atom. The summed E-state index contributed by atoms with van der Waals surface area (Å²) in [6.07, 6.45) is 2.90. The smallest absolute Gasteiger partial charge is 0.326 e. The first-order chi connectivity index (χ1) is 10.9. The van der Waals surface area contributed by atoms with Crippen LogP contribution in [0.25, 0.3) is 0 Å². The second-order valence-electron chi connectivity index (χ2n) is 4.71. The quantitative estimate of drug-likeness (QED) is 0.258. The van der Waals surface area contributed by atoms with E-state index in [0.717, 1.165) is 0 Å². The molecule has 1 heterocycles. The molecule has 23 heavy (non-hydrogen) atoms. The number of amides is 2. The Balaban J connectivity index is 2.68. The molecule has 0 bridgehead atoms. The molecule has 0 saturated carbocycles. The Morgan fingerprint density at radius 3 is 2.35 bits per heavy atom. The molecule has 0 radical (unpaired) electrons. The molecular formula is C12H19N5O4S2. The average molecular weight is 361 g/mol. The van der Waals surface area contributed by atoms with Crippen LogP contribution < -0.4 is 16.4 Å². The molecule has 0 aliphatic rings. The molecule has 0 aromatic carbocycles. The van der Waals surface area contributed by atoms with Gasteiger partial charge in [-0.25, -0.2) is 9.78 Å². The second kappa shape index (κ2) is 9.43. The SMILES string of the molecule is NC(CS)C(=O)NC(CS)C(=O)NC(Cc1cnc[nH]1)C(=O)O. The number of nitrogens with one attached hydrogen (secondary N) is 3. The number of hydrogen-bond acceptors (Lipinski definition) is 7. The number of nitrogens with two attached hydrogens (primary N) is 1. The van der Waals surface area contributed by atoms with Crippen LogP contribution in [-0.2, 0) is 20.8 Å². The third-order valence-electron chi connectivity index (χ3n) is 2.94. The van der Waals surface area contributed by atoms with Gasteiger partial charge in [-0.15, -0.1) is 0 Å². The van der Waals surface area contributed by atoms with Crippen LogP contribution >= 0.6 is 25.3 Å². The van der Waals surface area contributed by atoms with Crippen molar-refractivity contribution >= 4 is 43.0 Å². The lowest BCUT2D eigenvalue weighted by Crippen LogP contribution is -2.55. The monoisotopic (exact) mass is 361 g/mol. The van der Waals surface area contributed by atoms with Crippen LogP contribution in [0.3, 0.4) is 0 Å². The van der Waals surface area contributed by atoms with Gasteiger partial charge in [0, 0.05) is 29.8 Å². The average Bonchev–Trinajstić information content (AvgIpc) is 3.03. The van der Waals surface area contributed by atoms with Crippen molar-refractivity contribution < 1.29 is 19.5 Å². The van der Waals surface area contributed by atoms with Crippen molar-refractivity contribution in [2.45, 2.75) is 24.5 Å². The first-order valence-electron chi connectivity index (χ1n) is 6.67. The summed E-state index contributed by atoms with van der Waals surface area (Å²) in [5.74, 6) is -2.32. The Bertz CT molecular complexity index is 540. The zero-order chi connectivity index (χ0) is 17.4. The number of thiol groups is 2. The van der Waals surface area contributed by atoms with Crippen molar-refractivity contribution in [3.8, 4) is 0 Å². The normalized spacial score (nSPS) is 14.6. The van der Waals surface area contributed by atoms with E-state index in [4.69, 9.17) is 5.73 Å². The van der Waals surface area contributed by atoms with Gasteiger partial charge in [0.05, 0.1) is 12.4 Å². The van der Waals surface area contributed by atoms with Crippen LogP contribution in [0.1, 0.15) is 5.69 Å². The number of rotatable bonds is 9. The molecule has 128 valence electrons. The molecule has 0 saturated heterocycles. The van der Waals surface area contributed by atoms with Gasteiger partial charge in [0.1, 0.15) is 12.1 Å². The van der Waals surface area contributed by atoms with Crippen molar-refractivity contribution in [2.75, 3.05) is 11.5 Å². The molecule has 9 nitrogen and oxygen atoms in total. The predicted octanol–water partition coefficient (Wildman–Crippen LogP) is -1.81. The van der Waals surface area contributed by atoms with Crippen LogP contribution in [0.2, 0.25) is 0 Å². The third kappa shape index (κ3) is 6.12. The summed E-state index contributed by atoms with van der Waals surface area (Å²) in [4.78, 5) is 41.6. The summed E-state index contributed by atoms with van der Waals surface area (Å²) in [5.41, 5.74) is 6.07. The number of aromatic amines is 1. The molecule has 0 aliphatic carbocycles. The van der Waals surface area contributed by atoms with E-state index in [0.29, 0.717) is 5.69 Å². The maximum absolute atomic E-state index is 12.1. The number of hydrogen-bond donors (Lipinski definition) is 7. The number of carboxylic acid groups (broad SMARTS) is 1. The van der Waals surface area contributed by atoms with Gasteiger partial charge < -0.3 is 26.5 Å². The topological polar surface area (TPSA) is 150 Å². The molecule has 1 aromatic rings. The zero-order valence-electron chi connectivity index (χ0n) is 12.1. The van der Waals surface area contributed by atoms with E-state index in [9.17, 15) is 19.5 Å². The number of nitrogens with zero attached hydrogens (tertiary/aromatic N) is 1. The summed E-state index contributed by atoms with van der Waals surface area (Å²) >= 11 is 7.89. The summed E-state index contributed by atoms with van der Waals surface area (Å²) in [5, 5.41) is 14.0. The van der Waals surface area contributed by atoms with Gasteiger partial charge in [0.25, 0.3) is 0 Å². The number of carbonyl (C=O) groups is 3. The molecule has 2 amide bonds. The number of imidazole rings is 1. The van der Waals surface area contributed by atoms with Gasteiger partial charge in [0.15, 0.2) is 0 Å². The van der Waals surface area contributed by atoms with Crippen molar-refractivity contribution in [1.82, 2.24) is 20.6 Å². The summed E-state index contributed by atoms with van der Waals surface area (Å²) < 4.78 is 0. The van der Waals surface area contributed by atoms with Crippen LogP contribution in [0, 0.1) is 0 Å². The van der Waals surface area contributed by atoms with Gasteiger partial charge in [0.2, 0.25) is 11.8 Å². The summed E-state index contributed by atoms with van der Waals surface area (Å²) in [7, 11) is 0. The first kappa shape index (κ1) is 19.3. The maximum Gasteiger partial charge on any atom is 0.326 e. The van der Waals surface area contributed by atoms with E-state index >= 15 is 0 Å². The lowest BCUT2D eigenvalue weighted by atomic mass is 10.1. The largest absolute Gasteiger partial charge is 0.480 e. The molecule has 1 aromatic heterocycles. The van der Waals surface area contributed by atoms with Crippen molar-refractivity contribution in [3.05, 3.63) is 18.2 Å². The molecule has 0 aliphatic heterocycles. The molecular weight excluding hydrogens is 342 g/mol. The molecule has 0 fully saturated rings. The number of carbonyl (C=O) groups excluding carboxylic acids is 2. The Hall–Kier alpha value is -1.72. The molecule has 3 unspecified atom stereocenters. The highest BCUT2D eigenvalue weighted by atomic mass is 32.1. The summed E-state index contributed by atoms with van der Waals surface area (Å²) in [6.45, 7) is 0. The lowest BCUT2D eigenvalue weighted by Gasteiger charge is -2.21. The number of aliphatic carboxylic acids is 1. The lowest BCUT2D eigenvalue weighted by molar-refractivity contribution is -0.142. The molecule has 6 N–H and O–H groups in total. The van der Waals surface area contributed by atoms with E-state index in [2.05, 4.69) is 45.9 Å². The van der Waals surface area contributed by atoms with Crippen molar-refractivity contribution in [2.24, 2.45) is 5.73 Å². The van der Waals surface area contributed by atoms with E-state index in [1.165, 1.54) is 12.5 Å². The Morgan fingerprint density at radius 2 is 1.87 bits per heavy atom. The fourth-order valence-corrected chi connectivity index (χ4v) is 2.07. The number of carboxylic acids is 1. The van der Waals surface area contributed by atoms with Crippen LogP contribution in [0.4, 0.5) is 0 Å². The Kier molecular flexibility index (Phi) is 7.92. The van der Waals surface area contributed by atoms with Crippen LogP contribution in [0.5, 0.6) is 0 Å². The molecule has 11 heteroatoms. The minimum absolute atomic E-state index is 0.00669. The summed E-state index contributed by atoms with van der Waals surface area (Å²) in [6, 6.07) is -3.03. The number of H-pyrrole nitrogens is 1. The van der Waals surface area contributed by atoms with Crippen molar-refractivity contribution in [3.63, 3.8) is 0 Å². The predicted molar refractivity (Wildman–Crippen MR) is 89.5 cm³/mol. The highest BCUT2D eigenvalue weighted by Crippen LogP contribution is 2.00. The zero-order valence-corrected chi connectivity index (χ0v) is 13.9. The standard InChI is InChI=1S/C12H19N5O4S2/c13-7(3-22)10(18)17-9(4-23)11(19)16-8(12(20)21)1-6-2-14-5-15-6/h2,5,7-9,22-23H,1,3-4,13H2,(H,14,15)(H,16,19)(H,17,18)(H,20,21). The first-order valence-corrected chi connectivity index (χ1v) is 7.93.